The van der Waals surface area contributed by atoms with Gasteiger partial charge in [-0.25, -0.2) is 0 Å². The van der Waals surface area contributed by atoms with Crippen molar-refractivity contribution in [3.63, 3.8) is 0 Å². The summed E-state index contributed by atoms with van der Waals surface area (Å²) in [5.74, 6) is 0.457. The minimum atomic E-state index is -4.37. The number of halogens is 3. The fourth-order valence-corrected chi connectivity index (χ4v) is 3.13. The minimum absolute atomic E-state index is 0.0121. The number of nitrogens with zero attached hydrogens (tertiary/aromatic N) is 3. The van der Waals surface area contributed by atoms with Crippen LogP contribution in [-0.4, -0.2) is 52.4 Å². The number of hydrogen-bond acceptors (Lipinski definition) is 5. The maximum absolute atomic E-state index is 12.0. The number of thioether (sulfide) groups is 1. The molecule has 0 saturated heterocycles. The van der Waals surface area contributed by atoms with E-state index in [1.54, 1.807) is 0 Å². The fourth-order valence-electron chi connectivity index (χ4n) is 2.31. The molecule has 0 bridgehead atoms. The number of aryl methyl sites for hydroxylation is 3. The second-order valence-electron chi connectivity index (χ2n) is 5.96. The van der Waals surface area contributed by atoms with Crippen molar-refractivity contribution in [1.29, 1.82) is 0 Å². The SMILES string of the molecule is Cc1ccc(C)c(-n2c(C)nnc2SCC(=O)NCCOCC(F)(F)F)c1. The van der Waals surface area contributed by atoms with E-state index in [9.17, 15) is 18.0 Å². The smallest absolute Gasteiger partial charge is 0.370 e. The van der Waals surface area contributed by atoms with E-state index < -0.39 is 12.8 Å². The van der Waals surface area contributed by atoms with Gasteiger partial charge in [-0.2, -0.15) is 13.2 Å². The Bertz CT molecular complexity index is 793. The van der Waals surface area contributed by atoms with Crippen molar-refractivity contribution in [2.45, 2.75) is 32.1 Å². The van der Waals surface area contributed by atoms with Crippen LogP contribution in [0.15, 0.2) is 23.4 Å². The Balaban J connectivity index is 1.90. The monoisotopic (exact) mass is 402 g/mol. The molecule has 0 spiro atoms. The van der Waals surface area contributed by atoms with Gasteiger partial charge in [0.25, 0.3) is 0 Å². The van der Waals surface area contributed by atoms with Crippen LogP contribution in [0.25, 0.3) is 5.69 Å². The molecule has 10 heteroatoms. The molecule has 0 unspecified atom stereocenters. The van der Waals surface area contributed by atoms with Crippen LogP contribution in [-0.2, 0) is 9.53 Å². The Morgan fingerprint density at radius 3 is 2.70 bits per heavy atom. The Kier molecular flexibility index (Phi) is 7.25. The lowest BCUT2D eigenvalue weighted by atomic mass is 10.1. The lowest BCUT2D eigenvalue weighted by molar-refractivity contribution is -0.173. The first-order chi connectivity index (χ1) is 12.7. The Morgan fingerprint density at radius 2 is 2.00 bits per heavy atom. The topological polar surface area (TPSA) is 69.0 Å². The van der Waals surface area contributed by atoms with Gasteiger partial charge >= 0.3 is 6.18 Å². The van der Waals surface area contributed by atoms with Crippen LogP contribution < -0.4 is 5.32 Å². The van der Waals surface area contributed by atoms with Crippen LogP contribution in [0.5, 0.6) is 0 Å². The molecule has 2 aromatic rings. The first-order valence-electron chi connectivity index (χ1n) is 8.21. The molecule has 1 amide bonds. The zero-order valence-electron chi connectivity index (χ0n) is 15.3. The average molecular weight is 402 g/mol. The van der Waals surface area contributed by atoms with E-state index in [2.05, 4.69) is 20.3 Å². The van der Waals surface area contributed by atoms with Crippen LogP contribution in [0.2, 0.25) is 0 Å². The van der Waals surface area contributed by atoms with Gasteiger partial charge < -0.3 is 10.1 Å². The maximum Gasteiger partial charge on any atom is 0.411 e. The minimum Gasteiger partial charge on any atom is -0.370 e. The Labute approximate surface area is 159 Å². The average Bonchev–Trinajstić information content (AvgIpc) is 2.94. The van der Waals surface area contributed by atoms with E-state index in [0.29, 0.717) is 11.0 Å². The highest BCUT2D eigenvalue weighted by Gasteiger charge is 2.27. The molecular formula is C17H21F3N4O2S. The third-order valence-corrected chi connectivity index (χ3v) is 4.50. The van der Waals surface area contributed by atoms with Gasteiger partial charge in [-0.05, 0) is 38.0 Å². The summed E-state index contributed by atoms with van der Waals surface area (Å²) in [6.45, 7) is 4.29. The van der Waals surface area contributed by atoms with E-state index in [0.717, 1.165) is 16.8 Å². The van der Waals surface area contributed by atoms with Gasteiger partial charge in [-0.3, -0.25) is 9.36 Å². The molecule has 6 nitrogen and oxygen atoms in total. The number of hydrogen-bond donors (Lipinski definition) is 1. The van der Waals surface area contributed by atoms with Crippen LogP contribution in [0, 0.1) is 20.8 Å². The Hall–Kier alpha value is -2.07. The summed E-state index contributed by atoms with van der Waals surface area (Å²) in [7, 11) is 0. The summed E-state index contributed by atoms with van der Waals surface area (Å²) in [5.41, 5.74) is 3.09. The number of carbonyl (C=O) groups is 1. The van der Waals surface area contributed by atoms with Gasteiger partial charge in [-0.1, -0.05) is 23.9 Å². The predicted octanol–water partition coefficient (Wildman–Crippen LogP) is 2.98. The van der Waals surface area contributed by atoms with Crippen molar-refractivity contribution in [3.8, 4) is 5.69 Å². The summed E-state index contributed by atoms with van der Waals surface area (Å²) in [5, 5.41) is 11.3. The number of ether oxygens (including phenoxy) is 1. The van der Waals surface area contributed by atoms with Gasteiger partial charge in [0.05, 0.1) is 18.0 Å². The van der Waals surface area contributed by atoms with E-state index in [1.165, 1.54) is 11.8 Å². The number of amides is 1. The van der Waals surface area contributed by atoms with Gasteiger partial charge in [0.1, 0.15) is 12.4 Å². The largest absolute Gasteiger partial charge is 0.411 e. The van der Waals surface area contributed by atoms with Crippen molar-refractivity contribution < 1.29 is 22.7 Å². The molecule has 0 aliphatic heterocycles. The predicted molar refractivity (Wildman–Crippen MR) is 96.2 cm³/mol. The highest BCUT2D eigenvalue weighted by atomic mass is 32.2. The van der Waals surface area contributed by atoms with Crippen LogP contribution in [0.4, 0.5) is 13.2 Å². The molecule has 148 valence electrons. The molecule has 0 atom stereocenters. The molecule has 1 N–H and O–H groups in total. The van der Waals surface area contributed by atoms with Gasteiger partial charge in [0.15, 0.2) is 5.16 Å². The standard InChI is InChI=1S/C17H21F3N4O2S/c1-11-4-5-12(2)14(8-11)24-13(3)22-23-16(24)27-9-15(25)21-6-7-26-10-17(18,19)20/h4-5,8H,6-7,9-10H2,1-3H3,(H,21,25). The number of carbonyl (C=O) groups excluding carboxylic acids is 1. The zero-order valence-corrected chi connectivity index (χ0v) is 16.1. The maximum atomic E-state index is 12.0. The van der Waals surface area contributed by atoms with Crippen LogP contribution in [0.1, 0.15) is 17.0 Å². The third kappa shape index (κ3) is 6.55. The number of nitrogens with one attached hydrogen (secondary N) is 1. The summed E-state index contributed by atoms with van der Waals surface area (Å²) >= 11 is 1.21. The molecule has 0 aliphatic carbocycles. The molecule has 1 heterocycles. The van der Waals surface area contributed by atoms with E-state index >= 15 is 0 Å². The molecule has 0 aliphatic rings. The van der Waals surface area contributed by atoms with E-state index in [1.807, 2.05) is 43.5 Å². The molecule has 2 rings (SSSR count). The van der Waals surface area contributed by atoms with Crippen molar-refractivity contribution in [2.75, 3.05) is 25.5 Å². The molecule has 27 heavy (non-hydrogen) atoms. The fraction of sp³-hybridized carbons (Fsp3) is 0.471. The molecule has 1 aromatic heterocycles. The van der Waals surface area contributed by atoms with Crippen molar-refractivity contribution in [2.24, 2.45) is 0 Å². The summed E-state index contributed by atoms with van der Waals surface area (Å²) in [6.07, 6.45) is -4.37. The molecule has 0 saturated carbocycles. The first kappa shape index (κ1) is 21.2. The van der Waals surface area contributed by atoms with Crippen LogP contribution in [0.3, 0.4) is 0 Å². The van der Waals surface area contributed by atoms with Gasteiger partial charge in [-0.15, -0.1) is 10.2 Å². The van der Waals surface area contributed by atoms with Crippen molar-refractivity contribution in [3.05, 3.63) is 35.2 Å². The van der Waals surface area contributed by atoms with Crippen molar-refractivity contribution in [1.82, 2.24) is 20.1 Å². The van der Waals surface area contributed by atoms with Crippen molar-refractivity contribution >= 4 is 17.7 Å². The molecule has 0 radical (unpaired) electrons. The molecular weight excluding hydrogens is 381 g/mol. The first-order valence-corrected chi connectivity index (χ1v) is 9.19. The second-order valence-corrected chi connectivity index (χ2v) is 6.90. The summed E-state index contributed by atoms with van der Waals surface area (Å²) in [6, 6.07) is 6.04. The molecule has 1 aromatic carbocycles. The Morgan fingerprint density at radius 1 is 1.26 bits per heavy atom. The third-order valence-electron chi connectivity index (χ3n) is 3.57. The summed E-state index contributed by atoms with van der Waals surface area (Å²) < 4.78 is 42.2. The van der Waals surface area contributed by atoms with Gasteiger partial charge in [0, 0.05) is 6.54 Å². The lowest BCUT2D eigenvalue weighted by Crippen LogP contribution is -2.30. The highest BCUT2D eigenvalue weighted by molar-refractivity contribution is 7.99. The van der Waals surface area contributed by atoms with E-state index in [4.69, 9.17) is 0 Å². The quantitative estimate of drug-likeness (QED) is 0.543. The second kappa shape index (κ2) is 9.23. The highest BCUT2D eigenvalue weighted by Crippen LogP contribution is 2.24. The zero-order chi connectivity index (χ0) is 20.0. The lowest BCUT2D eigenvalue weighted by Gasteiger charge is -2.12. The normalized spacial score (nSPS) is 11.6. The number of alkyl halides is 3. The van der Waals surface area contributed by atoms with E-state index in [-0.39, 0.29) is 24.8 Å². The number of rotatable bonds is 8. The number of aromatic nitrogens is 3. The summed E-state index contributed by atoms with van der Waals surface area (Å²) in [4.78, 5) is 11.9. The van der Waals surface area contributed by atoms with Gasteiger partial charge in [0.2, 0.25) is 5.91 Å². The molecule has 0 fully saturated rings. The van der Waals surface area contributed by atoms with Crippen LogP contribution >= 0.6 is 11.8 Å². The number of benzene rings is 1.